The Morgan fingerprint density at radius 3 is 2.56 bits per heavy atom. The summed E-state index contributed by atoms with van der Waals surface area (Å²) >= 11 is 0. The van der Waals surface area contributed by atoms with Crippen molar-refractivity contribution in [2.24, 2.45) is 7.05 Å². The number of carbonyl (C=O) groups excluding carboxylic acids is 1. The number of ketones is 1. The minimum absolute atomic E-state index is 0.0568. The maximum absolute atomic E-state index is 12.7. The van der Waals surface area contributed by atoms with E-state index in [1.165, 1.54) is 24.3 Å². The third kappa shape index (κ3) is 2.34. The average molecular weight is 218 g/mol. The van der Waals surface area contributed by atoms with Crippen molar-refractivity contribution in [2.75, 3.05) is 0 Å². The second-order valence-electron chi connectivity index (χ2n) is 3.59. The van der Waals surface area contributed by atoms with E-state index in [1.807, 2.05) is 0 Å². The highest BCUT2D eigenvalue weighted by atomic mass is 19.1. The van der Waals surface area contributed by atoms with Gasteiger partial charge in [0, 0.05) is 18.8 Å². The van der Waals surface area contributed by atoms with Crippen LogP contribution in [0.3, 0.4) is 0 Å². The highest BCUT2D eigenvalue weighted by Gasteiger charge is 2.08. The zero-order chi connectivity index (χ0) is 11.5. The molecule has 82 valence electrons. The maximum Gasteiger partial charge on any atom is 0.168 e. The van der Waals surface area contributed by atoms with Crippen molar-refractivity contribution < 1.29 is 9.18 Å². The van der Waals surface area contributed by atoms with E-state index in [0.717, 1.165) is 5.69 Å². The standard InChI is InChI=1S/C12H11FN2O/c1-15-7-6-11(14-15)8-12(16)9-2-4-10(13)5-3-9/h2-7H,8H2,1H3. The molecule has 1 aromatic carbocycles. The topological polar surface area (TPSA) is 34.9 Å². The Kier molecular flexibility index (Phi) is 2.81. The van der Waals surface area contributed by atoms with E-state index in [-0.39, 0.29) is 18.0 Å². The molecule has 0 radical (unpaired) electrons. The van der Waals surface area contributed by atoms with Gasteiger partial charge < -0.3 is 0 Å². The summed E-state index contributed by atoms with van der Waals surface area (Å²) < 4.78 is 14.3. The molecule has 0 fully saturated rings. The first-order valence-electron chi connectivity index (χ1n) is 4.92. The number of halogens is 1. The number of aromatic nitrogens is 2. The minimum atomic E-state index is -0.339. The van der Waals surface area contributed by atoms with Gasteiger partial charge in [-0.25, -0.2) is 4.39 Å². The van der Waals surface area contributed by atoms with E-state index in [9.17, 15) is 9.18 Å². The molecule has 4 heteroatoms. The van der Waals surface area contributed by atoms with Crippen LogP contribution in [0.25, 0.3) is 0 Å². The number of nitrogens with zero attached hydrogens (tertiary/aromatic N) is 2. The predicted molar refractivity (Wildman–Crippen MR) is 57.6 cm³/mol. The second-order valence-corrected chi connectivity index (χ2v) is 3.59. The zero-order valence-electron chi connectivity index (χ0n) is 8.85. The fourth-order valence-corrected chi connectivity index (χ4v) is 1.46. The molecule has 16 heavy (non-hydrogen) atoms. The Bertz CT molecular complexity index is 502. The van der Waals surface area contributed by atoms with Crippen molar-refractivity contribution in [3.8, 4) is 0 Å². The number of aryl methyl sites for hydroxylation is 1. The summed E-state index contributed by atoms with van der Waals surface area (Å²) in [6.45, 7) is 0. The summed E-state index contributed by atoms with van der Waals surface area (Å²) in [5.41, 5.74) is 1.23. The third-order valence-electron chi connectivity index (χ3n) is 2.28. The molecule has 0 bridgehead atoms. The molecule has 0 N–H and O–H groups in total. The first-order chi connectivity index (χ1) is 7.65. The van der Waals surface area contributed by atoms with E-state index in [0.29, 0.717) is 5.56 Å². The molecule has 0 aliphatic heterocycles. The Morgan fingerprint density at radius 1 is 1.31 bits per heavy atom. The maximum atomic E-state index is 12.7. The summed E-state index contributed by atoms with van der Waals surface area (Å²) in [5, 5.41) is 4.12. The number of hydrogen-bond donors (Lipinski definition) is 0. The van der Waals surface area contributed by atoms with Crippen molar-refractivity contribution in [1.29, 1.82) is 0 Å². The van der Waals surface area contributed by atoms with Crippen LogP contribution in [0.15, 0.2) is 36.5 Å². The lowest BCUT2D eigenvalue weighted by Gasteiger charge is -1.98. The summed E-state index contributed by atoms with van der Waals surface area (Å²) in [7, 11) is 1.80. The quantitative estimate of drug-likeness (QED) is 0.738. The van der Waals surface area contributed by atoms with Gasteiger partial charge in [0.15, 0.2) is 5.78 Å². The fraction of sp³-hybridized carbons (Fsp3) is 0.167. The molecule has 1 heterocycles. The van der Waals surface area contributed by atoms with E-state index >= 15 is 0 Å². The lowest BCUT2D eigenvalue weighted by atomic mass is 10.1. The lowest BCUT2D eigenvalue weighted by molar-refractivity contribution is 0.0992. The van der Waals surface area contributed by atoms with Gasteiger partial charge in [-0.3, -0.25) is 9.48 Å². The number of benzene rings is 1. The summed E-state index contributed by atoms with van der Waals surface area (Å²) in [6.07, 6.45) is 2.03. The van der Waals surface area contributed by atoms with Crippen LogP contribution >= 0.6 is 0 Å². The summed E-state index contributed by atoms with van der Waals surface area (Å²) in [5.74, 6) is -0.395. The van der Waals surface area contributed by atoms with Gasteiger partial charge in [0.1, 0.15) is 5.82 Å². The molecule has 0 atom stereocenters. The van der Waals surface area contributed by atoms with Crippen LogP contribution in [0, 0.1) is 5.82 Å². The largest absolute Gasteiger partial charge is 0.294 e. The molecule has 3 nitrogen and oxygen atoms in total. The van der Waals surface area contributed by atoms with Crippen molar-refractivity contribution in [2.45, 2.75) is 6.42 Å². The van der Waals surface area contributed by atoms with Crippen LogP contribution < -0.4 is 0 Å². The first kappa shape index (κ1) is 10.5. The van der Waals surface area contributed by atoms with Crippen molar-refractivity contribution in [3.63, 3.8) is 0 Å². The van der Waals surface area contributed by atoms with Gasteiger partial charge in [-0.05, 0) is 30.3 Å². The SMILES string of the molecule is Cn1ccc(CC(=O)c2ccc(F)cc2)n1. The van der Waals surface area contributed by atoms with Crippen LogP contribution in [0.1, 0.15) is 16.1 Å². The Morgan fingerprint density at radius 2 is 2.00 bits per heavy atom. The Hall–Kier alpha value is -1.97. The van der Waals surface area contributed by atoms with Crippen LogP contribution in [0.5, 0.6) is 0 Å². The number of rotatable bonds is 3. The predicted octanol–water partition coefficient (Wildman–Crippen LogP) is 1.98. The summed E-state index contributed by atoms with van der Waals surface area (Å²) in [6, 6.07) is 7.33. The van der Waals surface area contributed by atoms with Crippen LogP contribution in [-0.4, -0.2) is 15.6 Å². The molecule has 0 aliphatic rings. The molecule has 0 amide bonds. The van der Waals surface area contributed by atoms with Gasteiger partial charge in [-0.1, -0.05) is 0 Å². The normalized spacial score (nSPS) is 10.4. The monoisotopic (exact) mass is 218 g/mol. The Labute approximate surface area is 92.5 Å². The molecule has 2 aromatic rings. The van der Waals surface area contributed by atoms with Gasteiger partial charge in [0.05, 0.1) is 12.1 Å². The summed E-state index contributed by atoms with van der Waals surface area (Å²) in [4.78, 5) is 11.8. The van der Waals surface area contributed by atoms with Gasteiger partial charge in [0.2, 0.25) is 0 Å². The van der Waals surface area contributed by atoms with E-state index in [1.54, 1.807) is 24.0 Å². The molecule has 0 saturated carbocycles. The second kappa shape index (κ2) is 4.26. The average Bonchev–Trinajstić information content (AvgIpc) is 2.65. The van der Waals surface area contributed by atoms with Gasteiger partial charge in [0.25, 0.3) is 0 Å². The van der Waals surface area contributed by atoms with Crippen molar-refractivity contribution in [1.82, 2.24) is 9.78 Å². The number of hydrogen-bond acceptors (Lipinski definition) is 2. The molecule has 0 spiro atoms. The molecule has 0 aliphatic carbocycles. The highest BCUT2D eigenvalue weighted by molar-refractivity contribution is 5.97. The third-order valence-corrected chi connectivity index (χ3v) is 2.28. The highest BCUT2D eigenvalue weighted by Crippen LogP contribution is 2.07. The van der Waals surface area contributed by atoms with Crippen molar-refractivity contribution >= 4 is 5.78 Å². The van der Waals surface area contributed by atoms with Crippen LogP contribution in [-0.2, 0) is 13.5 Å². The van der Waals surface area contributed by atoms with Gasteiger partial charge in [-0.15, -0.1) is 0 Å². The Balaban J connectivity index is 2.11. The zero-order valence-corrected chi connectivity index (χ0v) is 8.85. The van der Waals surface area contributed by atoms with Gasteiger partial charge in [-0.2, -0.15) is 5.10 Å². The number of Topliss-reactive ketones (excluding diaryl/α,β-unsaturated/α-hetero) is 1. The molecule has 0 unspecified atom stereocenters. The van der Waals surface area contributed by atoms with Crippen molar-refractivity contribution in [3.05, 3.63) is 53.6 Å². The molecule has 0 saturated heterocycles. The molecular formula is C12H11FN2O. The van der Waals surface area contributed by atoms with E-state index in [4.69, 9.17) is 0 Å². The fourth-order valence-electron chi connectivity index (χ4n) is 1.46. The first-order valence-corrected chi connectivity index (χ1v) is 4.92. The van der Waals surface area contributed by atoms with Crippen LogP contribution in [0.4, 0.5) is 4.39 Å². The minimum Gasteiger partial charge on any atom is -0.294 e. The van der Waals surface area contributed by atoms with Gasteiger partial charge >= 0.3 is 0 Å². The molecule has 2 rings (SSSR count). The van der Waals surface area contributed by atoms with E-state index < -0.39 is 0 Å². The molecular weight excluding hydrogens is 207 g/mol. The van der Waals surface area contributed by atoms with E-state index in [2.05, 4.69) is 5.10 Å². The van der Waals surface area contributed by atoms with Crippen LogP contribution in [0.2, 0.25) is 0 Å². The smallest absolute Gasteiger partial charge is 0.168 e. The molecule has 1 aromatic heterocycles. The number of carbonyl (C=O) groups is 1. The lowest BCUT2D eigenvalue weighted by Crippen LogP contribution is -2.04.